The highest BCUT2D eigenvalue weighted by molar-refractivity contribution is 6.09. The molecule has 0 aliphatic rings. The molecule has 0 fully saturated rings. The van der Waals surface area contributed by atoms with Crippen LogP contribution >= 0.6 is 0 Å². The minimum atomic E-state index is -0.294. The highest BCUT2D eigenvalue weighted by atomic mass is 16.2. The van der Waals surface area contributed by atoms with Gasteiger partial charge in [-0.3, -0.25) is 14.6 Å². The van der Waals surface area contributed by atoms with E-state index in [9.17, 15) is 9.59 Å². The Balaban J connectivity index is 2.21. The van der Waals surface area contributed by atoms with Crippen LogP contribution in [0.5, 0.6) is 0 Å². The zero-order valence-corrected chi connectivity index (χ0v) is 10.4. The number of benzene rings is 1. The fourth-order valence-corrected chi connectivity index (χ4v) is 1.61. The normalized spacial score (nSPS) is 9.74. The summed E-state index contributed by atoms with van der Waals surface area (Å²) in [7, 11) is 0. The second kappa shape index (κ2) is 5.77. The third-order valence-corrected chi connectivity index (χ3v) is 2.40. The molecule has 0 spiro atoms. The Labute approximate surface area is 110 Å². The van der Waals surface area contributed by atoms with Gasteiger partial charge in [0, 0.05) is 13.1 Å². The van der Waals surface area contributed by atoms with Gasteiger partial charge in [0.2, 0.25) is 5.91 Å². The zero-order chi connectivity index (χ0) is 13.7. The van der Waals surface area contributed by atoms with E-state index in [0.717, 1.165) is 0 Å². The average Bonchev–Trinajstić information content (AvgIpc) is 2.39. The summed E-state index contributed by atoms with van der Waals surface area (Å²) in [4.78, 5) is 27.1. The van der Waals surface area contributed by atoms with Crippen molar-refractivity contribution in [2.45, 2.75) is 6.92 Å². The Kier molecular flexibility index (Phi) is 3.87. The molecule has 0 saturated heterocycles. The van der Waals surface area contributed by atoms with Crippen molar-refractivity contribution in [3.05, 3.63) is 54.4 Å². The molecule has 0 saturated carbocycles. The molecule has 0 bridgehead atoms. The van der Waals surface area contributed by atoms with Crippen LogP contribution in [0, 0.1) is 0 Å². The number of anilines is 2. The van der Waals surface area contributed by atoms with Crippen LogP contribution in [0.3, 0.4) is 0 Å². The van der Waals surface area contributed by atoms with Crippen LogP contribution in [0.2, 0.25) is 0 Å². The summed E-state index contributed by atoms with van der Waals surface area (Å²) < 4.78 is 0. The first-order valence-corrected chi connectivity index (χ1v) is 5.75. The van der Waals surface area contributed by atoms with Crippen molar-refractivity contribution in [1.29, 1.82) is 0 Å². The Morgan fingerprint density at radius 3 is 2.53 bits per heavy atom. The summed E-state index contributed by atoms with van der Waals surface area (Å²) in [6.07, 6.45) is 3.18. The minimum Gasteiger partial charge on any atom is -0.326 e. The molecular weight excluding hydrogens is 242 g/mol. The van der Waals surface area contributed by atoms with E-state index in [1.807, 2.05) is 0 Å². The standard InChI is InChI=1S/C14H13N3O2/c1-10(18)16-13-7-3-2-6-12(13)14(19)17-11-5-4-8-15-9-11/h2-9H,1H3,(H,16,18)(H,17,19). The molecule has 2 N–H and O–H groups in total. The van der Waals surface area contributed by atoms with Gasteiger partial charge in [0.05, 0.1) is 23.1 Å². The van der Waals surface area contributed by atoms with E-state index in [4.69, 9.17) is 0 Å². The first-order valence-electron chi connectivity index (χ1n) is 5.75. The fraction of sp³-hybridized carbons (Fsp3) is 0.0714. The third kappa shape index (κ3) is 3.38. The number of pyridine rings is 1. The molecular formula is C14H13N3O2. The summed E-state index contributed by atoms with van der Waals surface area (Å²) in [5, 5.41) is 5.34. The molecule has 0 aliphatic heterocycles. The largest absolute Gasteiger partial charge is 0.326 e. The lowest BCUT2D eigenvalue weighted by atomic mass is 10.1. The number of aromatic nitrogens is 1. The van der Waals surface area contributed by atoms with Crippen LogP contribution in [0.4, 0.5) is 11.4 Å². The van der Waals surface area contributed by atoms with E-state index >= 15 is 0 Å². The molecule has 5 nitrogen and oxygen atoms in total. The van der Waals surface area contributed by atoms with Crippen molar-refractivity contribution >= 4 is 23.2 Å². The van der Waals surface area contributed by atoms with E-state index in [-0.39, 0.29) is 11.8 Å². The lowest BCUT2D eigenvalue weighted by Crippen LogP contribution is -2.16. The summed E-state index contributed by atoms with van der Waals surface area (Å²) in [6, 6.07) is 10.3. The predicted octanol–water partition coefficient (Wildman–Crippen LogP) is 2.29. The molecule has 2 rings (SSSR count). The van der Waals surface area contributed by atoms with E-state index in [1.54, 1.807) is 48.8 Å². The van der Waals surface area contributed by atoms with Gasteiger partial charge in [0.15, 0.2) is 0 Å². The SMILES string of the molecule is CC(=O)Nc1ccccc1C(=O)Nc1cccnc1. The van der Waals surface area contributed by atoms with Gasteiger partial charge in [0.25, 0.3) is 5.91 Å². The van der Waals surface area contributed by atoms with E-state index in [0.29, 0.717) is 16.9 Å². The molecule has 2 aromatic rings. The van der Waals surface area contributed by atoms with Crippen LogP contribution in [0.1, 0.15) is 17.3 Å². The number of para-hydroxylation sites is 1. The molecule has 0 aliphatic carbocycles. The minimum absolute atomic E-state index is 0.221. The lowest BCUT2D eigenvalue weighted by molar-refractivity contribution is -0.114. The Bertz CT molecular complexity index is 597. The second-order valence-corrected chi connectivity index (χ2v) is 3.92. The molecule has 1 aromatic carbocycles. The molecule has 0 unspecified atom stereocenters. The number of nitrogens with one attached hydrogen (secondary N) is 2. The molecule has 5 heteroatoms. The number of carbonyl (C=O) groups is 2. The van der Waals surface area contributed by atoms with Crippen molar-refractivity contribution < 1.29 is 9.59 Å². The third-order valence-electron chi connectivity index (χ3n) is 2.40. The first kappa shape index (κ1) is 12.8. The summed E-state index contributed by atoms with van der Waals surface area (Å²) in [6.45, 7) is 1.40. The molecule has 1 heterocycles. The van der Waals surface area contributed by atoms with Crippen LogP contribution in [0.15, 0.2) is 48.8 Å². The first-order chi connectivity index (χ1) is 9.16. The average molecular weight is 255 g/mol. The van der Waals surface area contributed by atoms with Crippen LogP contribution < -0.4 is 10.6 Å². The molecule has 0 atom stereocenters. The highest BCUT2D eigenvalue weighted by Crippen LogP contribution is 2.16. The summed E-state index contributed by atoms with van der Waals surface area (Å²) in [5.41, 5.74) is 1.49. The predicted molar refractivity (Wildman–Crippen MR) is 72.9 cm³/mol. The second-order valence-electron chi connectivity index (χ2n) is 3.92. The molecule has 2 amide bonds. The van der Waals surface area contributed by atoms with Gasteiger partial charge in [0.1, 0.15) is 0 Å². The van der Waals surface area contributed by atoms with E-state index < -0.39 is 0 Å². The number of rotatable bonds is 3. The van der Waals surface area contributed by atoms with Gasteiger partial charge in [-0.2, -0.15) is 0 Å². The van der Waals surface area contributed by atoms with Gasteiger partial charge >= 0.3 is 0 Å². The number of hydrogen-bond acceptors (Lipinski definition) is 3. The van der Waals surface area contributed by atoms with Gasteiger partial charge in [-0.15, -0.1) is 0 Å². The van der Waals surface area contributed by atoms with Gasteiger partial charge < -0.3 is 10.6 Å². The van der Waals surface area contributed by atoms with Crippen molar-refractivity contribution in [1.82, 2.24) is 4.98 Å². The fourth-order valence-electron chi connectivity index (χ4n) is 1.61. The maximum Gasteiger partial charge on any atom is 0.257 e. The number of amides is 2. The Morgan fingerprint density at radius 2 is 1.84 bits per heavy atom. The smallest absolute Gasteiger partial charge is 0.257 e. The number of carbonyl (C=O) groups excluding carboxylic acids is 2. The van der Waals surface area contributed by atoms with E-state index in [1.165, 1.54) is 6.92 Å². The van der Waals surface area contributed by atoms with Gasteiger partial charge in [-0.1, -0.05) is 12.1 Å². The quantitative estimate of drug-likeness (QED) is 0.884. The topological polar surface area (TPSA) is 71.1 Å². The van der Waals surface area contributed by atoms with Gasteiger partial charge in [-0.05, 0) is 24.3 Å². The zero-order valence-electron chi connectivity index (χ0n) is 10.4. The van der Waals surface area contributed by atoms with Crippen LogP contribution in [-0.4, -0.2) is 16.8 Å². The number of nitrogens with zero attached hydrogens (tertiary/aromatic N) is 1. The maximum atomic E-state index is 12.1. The molecule has 1 aromatic heterocycles. The Hall–Kier alpha value is -2.69. The summed E-state index contributed by atoms with van der Waals surface area (Å²) >= 11 is 0. The van der Waals surface area contributed by atoms with Crippen LogP contribution in [0.25, 0.3) is 0 Å². The Morgan fingerprint density at radius 1 is 1.05 bits per heavy atom. The van der Waals surface area contributed by atoms with Crippen LogP contribution in [-0.2, 0) is 4.79 Å². The molecule has 0 radical (unpaired) electrons. The maximum absolute atomic E-state index is 12.1. The van der Waals surface area contributed by atoms with Crippen molar-refractivity contribution in [2.75, 3.05) is 10.6 Å². The number of hydrogen-bond donors (Lipinski definition) is 2. The van der Waals surface area contributed by atoms with Gasteiger partial charge in [-0.25, -0.2) is 0 Å². The summed E-state index contributed by atoms with van der Waals surface area (Å²) in [5.74, 6) is -0.515. The highest BCUT2D eigenvalue weighted by Gasteiger charge is 2.11. The molecule has 96 valence electrons. The van der Waals surface area contributed by atoms with E-state index in [2.05, 4.69) is 15.6 Å². The van der Waals surface area contributed by atoms with Crippen molar-refractivity contribution in [3.8, 4) is 0 Å². The monoisotopic (exact) mass is 255 g/mol. The molecule has 19 heavy (non-hydrogen) atoms. The van der Waals surface area contributed by atoms with Crippen molar-refractivity contribution in [2.24, 2.45) is 0 Å². The van der Waals surface area contributed by atoms with Crippen molar-refractivity contribution in [3.63, 3.8) is 0 Å². The lowest BCUT2D eigenvalue weighted by Gasteiger charge is -2.10.